The SMILES string of the molecule is Cn1nccc1C(=O)CNC(=O)c1ncoc1-c1ccccc1. The predicted octanol–water partition coefficient (Wildman–Crippen LogP) is 1.69. The van der Waals surface area contributed by atoms with Crippen molar-refractivity contribution in [3.8, 4) is 11.3 Å². The van der Waals surface area contributed by atoms with Crippen molar-refractivity contribution in [1.29, 1.82) is 0 Å². The van der Waals surface area contributed by atoms with E-state index < -0.39 is 5.91 Å². The maximum atomic E-state index is 12.3. The number of nitrogens with one attached hydrogen (secondary N) is 1. The van der Waals surface area contributed by atoms with E-state index in [0.717, 1.165) is 5.56 Å². The number of carbonyl (C=O) groups excluding carboxylic acids is 2. The number of aromatic nitrogens is 3. The number of ketones is 1. The van der Waals surface area contributed by atoms with Crippen LogP contribution < -0.4 is 5.32 Å². The minimum absolute atomic E-state index is 0.139. The van der Waals surface area contributed by atoms with Crippen molar-refractivity contribution in [2.45, 2.75) is 0 Å². The number of rotatable bonds is 5. The molecule has 116 valence electrons. The van der Waals surface area contributed by atoms with E-state index in [1.54, 1.807) is 13.1 Å². The molecular formula is C16H14N4O3. The Morgan fingerprint density at radius 2 is 2.00 bits per heavy atom. The van der Waals surface area contributed by atoms with Gasteiger partial charge < -0.3 is 9.73 Å². The largest absolute Gasteiger partial charge is 0.443 e. The molecule has 1 amide bonds. The highest BCUT2D eigenvalue weighted by Crippen LogP contribution is 2.22. The molecule has 3 rings (SSSR count). The van der Waals surface area contributed by atoms with Crippen molar-refractivity contribution in [2.24, 2.45) is 7.05 Å². The topological polar surface area (TPSA) is 90.0 Å². The number of nitrogens with zero attached hydrogens (tertiary/aromatic N) is 3. The zero-order valence-electron chi connectivity index (χ0n) is 12.4. The van der Waals surface area contributed by atoms with Gasteiger partial charge in [0.05, 0.1) is 6.54 Å². The molecule has 2 heterocycles. The summed E-state index contributed by atoms with van der Waals surface area (Å²) in [7, 11) is 1.67. The number of hydrogen-bond donors (Lipinski definition) is 1. The summed E-state index contributed by atoms with van der Waals surface area (Å²) in [6.45, 7) is -0.139. The van der Waals surface area contributed by atoms with Crippen LogP contribution in [0.15, 0.2) is 53.4 Å². The third kappa shape index (κ3) is 3.03. The van der Waals surface area contributed by atoms with Crippen molar-refractivity contribution in [2.75, 3.05) is 6.54 Å². The molecule has 7 nitrogen and oxygen atoms in total. The number of Topliss-reactive ketones (excluding diaryl/α,β-unsaturated/α-hetero) is 1. The second kappa shape index (κ2) is 6.27. The first-order valence-corrected chi connectivity index (χ1v) is 6.95. The molecule has 0 aliphatic rings. The summed E-state index contributed by atoms with van der Waals surface area (Å²) in [4.78, 5) is 28.2. The average molecular weight is 310 g/mol. The summed E-state index contributed by atoms with van der Waals surface area (Å²) in [5.41, 5.74) is 1.32. The fourth-order valence-electron chi connectivity index (χ4n) is 2.18. The summed E-state index contributed by atoms with van der Waals surface area (Å²) in [6, 6.07) is 10.8. The fraction of sp³-hybridized carbons (Fsp3) is 0.125. The molecular weight excluding hydrogens is 296 g/mol. The summed E-state index contributed by atoms with van der Waals surface area (Å²) in [6.07, 6.45) is 2.74. The van der Waals surface area contributed by atoms with Crippen LogP contribution in [0.2, 0.25) is 0 Å². The molecule has 3 aromatic rings. The Balaban J connectivity index is 1.72. The van der Waals surface area contributed by atoms with Crippen LogP contribution in [0.1, 0.15) is 21.0 Å². The van der Waals surface area contributed by atoms with Gasteiger partial charge in [-0.2, -0.15) is 5.10 Å². The van der Waals surface area contributed by atoms with Crippen molar-refractivity contribution >= 4 is 11.7 Å². The second-order valence-electron chi connectivity index (χ2n) is 4.84. The Morgan fingerprint density at radius 1 is 1.22 bits per heavy atom. The standard InChI is InChI=1S/C16H14N4O3/c1-20-12(7-8-19-20)13(21)9-17-16(22)14-15(23-10-18-14)11-5-3-2-4-6-11/h2-8,10H,9H2,1H3,(H,17,22). The number of amides is 1. The van der Waals surface area contributed by atoms with Crippen LogP contribution in [-0.2, 0) is 7.05 Å². The van der Waals surface area contributed by atoms with Crippen LogP contribution in [-0.4, -0.2) is 33.0 Å². The molecule has 23 heavy (non-hydrogen) atoms. The highest BCUT2D eigenvalue weighted by atomic mass is 16.3. The Bertz CT molecular complexity index is 836. The first kappa shape index (κ1) is 14.7. The highest BCUT2D eigenvalue weighted by Gasteiger charge is 2.19. The lowest BCUT2D eigenvalue weighted by molar-refractivity contribution is 0.0897. The smallest absolute Gasteiger partial charge is 0.274 e. The molecule has 0 bridgehead atoms. The average Bonchev–Trinajstić information content (AvgIpc) is 3.22. The van der Waals surface area contributed by atoms with E-state index in [1.807, 2.05) is 30.3 Å². The maximum Gasteiger partial charge on any atom is 0.274 e. The van der Waals surface area contributed by atoms with Gasteiger partial charge in [0.15, 0.2) is 23.6 Å². The summed E-state index contributed by atoms with van der Waals surface area (Å²) in [5.74, 6) is -0.327. The Kier molecular flexibility index (Phi) is 4.01. The van der Waals surface area contributed by atoms with Crippen molar-refractivity contribution in [1.82, 2.24) is 20.1 Å². The normalized spacial score (nSPS) is 10.5. The van der Waals surface area contributed by atoms with Gasteiger partial charge >= 0.3 is 0 Å². The fourth-order valence-corrected chi connectivity index (χ4v) is 2.18. The lowest BCUT2D eigenvalue weighted by Crippen LogP contribution is -2.31. The van der Waals surface area contributed by atoms with Gasteiger partial charge in [0, 0.05) is 18.8 Å². The second-order valence-corrected chi connectivity index (χ2v) is 4.84. The van der Waals surface area contributed by atoms with Gasteiger partial charge in [-0.15, -0.1) is 0 Å². The first-order chi connectivity index (χ1) is 11.2. The third-order valence-electron chi connectivity index (χ3n) is 3.33. The molecule has 1 aromatic carbocycles. The minimum Gasteiger partial charge on any atom is -0.443 e. The molecule has 2 aromatic heterocycles. The van der Waals surface area contributed by atoms with Crippen LogP contribution in [0.3, 0.4) is 0 Å². The van der Waals surface area contributed by atoms with E-state index in [-0.39, 0.29) is 18.0 Å². The highest BCUT2D eigenvalue weighted by molar-refractivity contribution is 6.02. The van der Waals surface area contributed by atoms with Crippen LogP contribution in [0.4, 0.5) is 0 Å². The molecule has 0 radical (unpaired) electrons. The maximum absolute atomic E-state index is 12.3. The number of benzene rings is 1. The molecule has 0 aliphatic heterocycles. The Hall–Kier alpha value is -3.22. The van der Waals surface area contributed by atoms with Crippen molar-refractivity contribution in [3.63, 3.8) is 0 Å². The number of hydrogen-bond acceptors (Lipinski definition) is 5. The van der Waals surface area contributed by atoms with E-state index in [4.69, 9.17) is 4.42 Å². The molecule has 0 unspecified atom stereocenters. The van der Waals surface area contributed by atoms with Gasteiger partial charge in [-0.25, -0.2) is 4.98 Å². The molecule has 7 heteroatoms. The molecule has 0 fully saturated rings. The molecule has 0 atom stereocenters. The van der Waals surface area contributed by atoms with Crippen LogP contribution >= 0.6 is 0 Å². The van der Waals surface area contributed by atoms with Gasteiger partial charge in [-0.1, -0.05) is 30.3 Å². The van der Waals surface area contributed by atoms with Gasteiger partial charge in [-0.05, 0) is 6.07 Å². The van der Waals surface area contributed by atoms with Gasteiger partial charge in [0.1, 0.15) is 5.69 Å². The Morgan fingerprint density at radius 3 is 2.70 bits per heavy atom. The number of aryl methyl sites for hydroxylation is 1. The third-order valence-corrected chi connectivity index (χ3v) is 3.33. The molecule has 0 aliphatic carbocycles. The Labute approximate surface area is 131 Å². The monoisotopic (exact) mass is 310 g/mol. The zero-order chi connectivity index (χ0) is 16.2. The summed E-state index contributed by atoms with van der Waals surface area (Å²) < 4.78 is 6.76. The molecule has 0 saturated carbocycles. The van der Waals surface area contributed by atoms with Gasteiger partial charge in [0.2, 0.25) is 0 Å². The molecule has 1 N–H and O–H groups in total. The van der Waals surface area contributed by atoms with Crippen LogP contribution in [0.5, 0.6) is 0 Å². The lowest BCUT2D eigenvalue weighted by atomic mass is 10.1. The van der Waals surface area contributed by atoms with Crippen molar-refractivity contribution < 1.29 is 14.0 Å². The number of oxazole rings is 1. The van der Waals surface area contributed by atoms with E-state index in [9.17, 15) is 9.59 Å². The van der Waals surface area contributed by atoms with Gasteiger partial charge in [0.25, 0.3) is 5.91 Å². The number of carbonyl (C=O) groups is 2. The minimum atomic E-state index is -0.465. The zero-order valence-corrected chi connectivity index (χ0v) is 12.4. The first-order valence-electron chi connectivity index (χ1n) is 6.95. The van der Waals surface area contributed by atoms with Crippen LogP contribution in [0.25, 0.3) is 11.3 Å². The van der Waals surface area contributed by atoms with Gasteiger partial charge in [-0.3, -0.25) is 14.3 Å². The van der Waals surface area contributed by atoms with Crippen molar-refractivity contribution in [3.05, 3.63) is 60.4 Å². The molecule has 0 spiro atoms. The van der Waals surface area contributed by atoms with E-state index in [1.165, 1.54) is 17.3 Å². The van der Waals surface area contributed by atoms with E-state index in [2.05, 4.69) is 15.4 Å². The van der Waals surface area contributed by atoms with E-state index in [0.29, 0.717) is 11.5 Å². The predicted molar refractivity (Wildman–Crippen MR) is 81.8 cm³/mol. The van der Waals surface area contributed by atoms with E-state index >= 15 is 0 Å². The molecule has 0 saturated heterocycles. The quantitative estimate of drug-likeness (QED) is 0.724. The van der Waals surface area contributed by atoms with Crippen LogP contribution in [0, 0.1) is 0 Å². The lowest BCUT2D eigenvalue weighted by Gasteiger charge is -2.04. The summed E-state index contributed by atoms with van der Waals surface area (Å²) in [5, 5.41) is 6.48. The summed E-state index contributed by atoms with van der Waals surface area (Å²) >= 11 is 0.